The molecular weight excluding hydrogens is 328 g/mol. The number of carbonyl (C=O) groups excluding carboxylic acids is 2. The van der Waals surface area contributed by atoms with E-state index in [1.54, 1.807) is 31.5 Å². The summed E-state index contributed by atoms with van der Waals surface area (Å²) in [7, 11) is 0. The predicted octanol–water partition coefficient (Wildman–Crippen LogP) is 2.91. The molecule has 1 N–H and O–H groups in total. The van der Waals surface area contributed by atoms with E-state index in [0.717, 1.165) is 22.2 Å². The van der Waals surface area contributed by atoms with Crippen molar-refractivity contribution in [2.24, 2.45) is 0 Å². The highest BCUT2D eigenvalue weighted by Crippen LogP contribution is 2.30. The molecule has 1 aliphatic heterocycles. The Morgan fingerprint density at radius 2 is 1.96 bits per heavy atom. The van der Waals surface area contributed by atoms with Gasteiger partial charge in [-0.1, -0.05) is 24.3 Å². The number of amides is 3. The Labute approximate surface area is 150 Å². The number of imide groups is 1. The number of carbonyl (C=O) groups is 2. The Morgan fingerprint density at radius 3 is 2.73 bits per heavy atom. The summed E-state index contributed by atoms with van der Waals surface area (Å²) < 4.78 is 0. The second kappa shape index (κ2) is 5.91. The van der Waals surface area contributed by atoms with Crippen molar-refractivity contribution < 1.29 is 9.59 Å². The first kappa shape index (κ1) is 16.2. The number of urea groups is 1. The maximum absolute atomic E-state index is 13.1. The minimum absolute atomic E-state index is 0.199. The maximum atomic E-state index is 13.1. The molecule has 6 heteroatoms. The van der Waals surface area contributed by atoms with Crippen molar-refractivity contribution in [3.05, 3.63) is 71.7 Å². The average Bonchev–Trinajstić information content (AvgIpc) is 2.86. The number of aromatic nitrogens is 2. The van der Waals surface area contributed by atoms with Crippen LogP contribution in [-0.2, 0) is 16.9 Å². The van der Waals surface area contributed by atoms with Crippen LogP contribution in [0.15, 0.2) is 54.9 Å². The van der Waals surface area contributed by atoms with Gasteiger partial charge in [-0.15, -0.1) is 0 Å². The van der Waals surface area contributed by atoms with Crippen LogP contribution in [-0.4, -0.2) is 26.8 Å². The van der Waals surface area contributed by atoms with Gasteiger partial charge >= 0.3 is 6.03 Å². The van der Waals surface area contributed by atoms with Crippen LogP contribution in [0.25, 0.3) is 10.9 Å². The molecule has 1 aromatic carbocycles. The lowest BCUT2D eigenvalue weighted by Gasteiger charge is -2.22. The predicted molar refractivity (Wildman–Crippen MR) is 97.2 cm³/mol. The van der Waals surface area contributed by atoms with Gasteiger partial charge in [0.1, 0.15) is 5.54 Å². The number of nitrogens with zero attached hydrogens (tertiary/aromatic N) is 3. The Hall–Kier alpha value is -3.28. The molecule has 1 fully saturated rings. The number of aryl methyl sites for hydroxylation is 1. The number of para-hydroxylation sites is 1. The number of nitrogens with one attached hydrogen (secondary N) is 1. The van der Waals surface area contributed by atoms with Crippen LogP contribution >= 0.6 is 0 Å². The van der Waals surface area contributed by atoms with E-state index >= 15 is 0 Å². The Bertz CT molecular complexity index is 1020. The molecule has 130 valence electrons. The summed E-state index contributed by atoms with van der Waals surface area (Å²) in [5, 5.41) is 3.75. The van der Waals surface area contributed by atoms with Crippen molar-refractivity contribution in [3.63, 3.8) is 0 Å². The van der Waals surface area contributed by atoms with Gasteiger partial charge in [0.2, 0.25) is 0 Å². The summed E-state index contributed by atoms with van der Waals surface area (Å²) in [5.41, 5.74) is 2.15. The molecule has 1 saturated heterocycles. The zero-order valence-corrected chi connectivity index (χ0v) is 14.6. The van der Waals surface area contributed by atoms with Crippen LogP contribution < -0.4 is 5.32 Å². The fraction of sp³-hybridized carbons (Fsp3) is 0.200. The van der Waals surface area contributed by atoms with E-state index in [-0.39, 0.29) is 12.5 Å². The normalized spacial score (nSPS) is 19.8. The number of benzene rings is 1. The van der Waals surface area contributed by atoms with Gasteiger partial charge in [0, 0.05) is 29.0 Å². The molecule has 0 radical (unpaired) electrons. The number of pyridine rings is 2. The van der Waals surface area contributed by atoms with E-state index in [1.807, 2.05) is 37.3 Å². The van der Waals surface area contributed by atoms with Crippen LogP contribution in [0.5, 0.6) is 0 Å². The van der Waals surface area contributed by atoms with Gasteiger partial charge in [-0.2, -0.15) is 0 Å². The number of hydrogen-bond acceptors (Lipinski definition) is 4. The molecule has 0 aliphatic carbocycles. The van der Waals surface area contributed by atoms with Gasteiger partial charge in [-0.3, -0.25) is 19.7 Å². The molecule has 1 aliphatic rings. The van der Waals surface area contributed by atoms with Crippen molar-refractivity contribution in [2.75, 3.05) is 0 Å². The van der Waals surface area contributed by atoms with E-state index in [2.05, 4.69) is 15.3 Å². The first-order valence-corrected chi connectivity index (χ1v) is 8.39. The lowest BCUT2D eigenvalue weighted by molar-refractivity contribution is -0.131. The van der Waals surface area contributed by atoms with Gasteiger partial charge in [0.15, 0.2) is 0 Å². The van der Waals surface area contributed by atoms with E-state index in [4.69, 9.17) is 0 Å². The van der Waals surface area contributed by atoms with Crippen LogP contribution in [0.1, 0.15) is 23.7 Å². The summed E-state index contributed by atoms with van der Waals surface area (Å²) in [6.45, 7) is 3.81. The number of fused-ring (bicyclic) bond motifs is 1. The molecule has 4 rings (SSSR count). The average molecular weight is 346 g/mol. The third-order valence-corrected chi connectivity index (χ3v) is 4.77. The fourth-order valence-corrected chi connectivity index (χ4v) is 3.39. The van der Waals surface area contributed by atoms with Crippen molar-refractivity contribution in [1.29, 1.82) is 0 Å². The minimum atomic E-state index is -1.11. The number of hydrogen-bond donors (Lipinski definition) is 1. The molecule has 2 aromatic heterocycles. The second-order valence-corrected chi connectivity index (χ2v) is 6.63. The summed E-state index contributed by atoms with van der Waals surface area (Å²) in [6, 6.07) is 12.8. The maximum Gasteiger partial charge on any atom is 0.325 e. The number of rotatable bonds is 3. The Balaban J connectivity index is 1.72. The Morgan fingerprint density at radius 1 is 1.15 bits per heavy atom. The van der Waals surface area contributed by atoms with Crippen LogP contribution in [0.4, 0.5) is 4.79 Å². The highest BCUT2D eigenvalue weighted by Gasteiger charge is 2.49. The van der Waals surface area contributed by atoms with Crippen molar-refractivity contribution >= 4 is 22.8 Å². The van der Waals surface area contributed by atoms with Crippen LogP contribution in [0.3, 0.4) is 0 Å². The van der Waals surface area contributed by atoms with Gasteiger partial charge in [-0.05, 0) is 37.6 Å². The fourth-order valence-electron chi connectivity index (χ4n) is 3.39. The summed E-state index contributed by atoms with van der Waals surface area (Å²) >= 11 is 0. The molecular formula is C20H18N4O2. The van der Waals surface area contributed by atoms with Crippen molar-refractivity contribution in [1.82, 2.24) is 20.2 Å². The van der Waals surface area contributed by atoms with Gasteiger partial charge in [0.05, 0.1) is 12.1 Å². The lowest BCUT2D eigenvalue weighted by atomic mass is 9.93. The minimum Gasteiger partial charge on any atom is -0.319 e. The van der Waals surface area contributed by atoms with Crippen LogP contribution in [0.2, 0.25) is 0 Å². The van der Waals surface area contributed by atoms with Gasteiger partial charge in [-0.25, -0.2) is 4.79 Å². The monoisotopic (exact) mass is 346 g/mol. The standard InChI is InChI=1S/C20H18N4O2/c1-13-10-14(16-7-3-4-8-17(16)22-13)12-24-18(25)20(2,23-19(24)26)15-6-5-9-21-11-15/h3-11H,12H2,1-2H3,(H,23,26)/t20-/m0/s1. The molecule has 1 atom stereocenters. The smallest absolute Gasteiger partial charge is 0.319 e. The molecule has 3 aromatic rings. The molecule has 3 amide bonds. The van der Waals surface area contributed by atoms with E-state index in [9.17, 15) is 9.59 Å². The summed E-state index contributed by atoms with van der Waals surface area (Å²) in [4.78, 5) is 35.5. The Kier molecular flexibility index (Phi) is 3.68. The van der Waals surface area contributed by atoms with E-state index < -0.39 is 11.6 Å². The highest BCUT2D eigenvalue weighted by molar-refractivity contribution is 6.07. The zero-order valence-electron chi connectivity index (χ0n) is 14.6. The molecule has 0 bridgehead atoms. The van der Waals surface area contributed by atoms with Crippen molar-refractivity contribution in [3.8, 4) is 0 Å². The molecule has 0 unspecified atom stereocenters. The second-order valence-electron chi connectivity index (χ2n) is 6.63. The van der Waals surface area contributed by atoms with E-state index in [1.165, 1.54) is 4.90 Å². The van der Waals surface area contributed by atoms with Gasteiger partial charge in [0.25, 0.3) is 5.91 Å². The summed E-state index contributed by atoms with van der Waals surface area (Å²) in [5.74, 6) is -0.283. The molecule has 6 nitrogen and oxygen atoms in total. The topological polar surface area (TPSA) is 75.2 Å². The SMILES string of the molecule is Cc1cc(CN2C(=O)N[C@@](C)(c3cccnc3)C2=O)c2ccccc2n1. The molecule has 26 heavy (non-hydrogen) atoms. The largest absolute Gasteiger partial charge is 0.325 e. The van der Waals surface area contributed by atoms with E-state index in [0.29, 0.717) is 5.56 Å². The molecule has 0 saturated carbocycles. The molecule has 0 spiro atoms. The highest BCUT2D eigenvalue weighted by atomic mass is 16.2. The zero-order chi connectivity index (χ0) is 18.3. The van der Waals surface area contributed by atoms with Gasteiger partial charge < -0.3 is 5.32 Å². The quantitative estimate of drug-likeness (QED) is 0.740. The van der Waals surface area contributed by atoms with Crippen molar-refractivity contribution in [2.45, 2.75) is 25.9 Å². The summed E-state index contributed by atoms with van der Waals surface area (Å²) in [6.07, 6.45) is 3.24. The van der Waals surface area contributed by atoms with Crippen LogP contribution in [0, 0.1) is 6.92 Å². The third-order valence-electron chi connectivity index (χ3n) is 4.77. The lowest BCUT2D eigenvalue weighted by Crippen LogP contribution is -2.40. The third kappa shape index (κ3) is 2.50. The molecule has 3 heterocycles. The first-order chi connectivity index (χ1) is 12.5. The first-order valence-electron chi connectivity index (χ1n) is 8.39.